The molecule has 4 rings (SSSR count). The second-order valence-electron chi connectivity index (χ2n) is 7.96. The van der Waals surface area contributed by atoms with Gasteiger partial charge in [0, 0.05) is 12.1 Å². The van der Waals surface area contributed by atoms with Gasteiger partial charge in [0.2, 0.25) is 5.89 Å². The number of benzene rings is 1. The molecule has 9 heteroatoms. The van der Waals surface area contributed by atoms with Gasteiger partial charge >= 0.3 is 0 Å². The lowest BCUT2D eigenvalue weighted by atomic mass is 10.1. The monoisotopic (exact) mass is 444 g/mol. The van der Waals surface area contributed by atoms with Gasteiger partial charge in [0.15, 0.2) is 16.8 Å². The molecule has 0 saturated carbocycles. The van der Waals surface area contributed by atoms with E-state index in [2.05, 4.69) is 32.2 Å². The number of hydrogen-bond donors (Lipinski definition) is 0. The summed E-state index contributed by atoms with van der Waals surface area (Å²) < 4.78 is 21.0. The van der Waals surface area contributed by atoms with Gasteiger partial charge in [0.1, 0.15) is 5.82 Å². The van der Waals surface area contributed by atoms with E-state index in [1.165, 1.54) is 43.2 Å². The molecule has 0 N–H and O–H groups in total. The van der Waals surface area contributed by atoms with Crippen molar-refractivity contribution in [3.63, 3.8) is 0 Å². The third kappa shape index (κ3) is 5.51. The van der Waals surface area contributed by atoms with E-state index in [1.54, 1.807) is 12.1 Å². The van der Waals surface area contributed by atoms with Gasteiger partial charge in [-0.25, -0.2) is 4.39 Å². The molecule has 3 aromatic rings. The first-order valence-electron chi connectivity index (χ1n) is 11.1. The van der Waals surface area contributed by atoms with E-state index in [-0.39, 0.29) is 11.1 Å². The van der Waals surface area contributed by atoms with Crippen molar-refractivity contribution in [3.05, 3.63) is 47.6 Å². The summed E-state index contributed by atoms with van der Waals surface area (Å²) in [5, 5.41) is 13.7. The quantitative estimate of drug-likeness (QED) is 0.431. The van der Waals surface area contributed by atoms with Crippen LogP contribution in [0.3, 0.4) is 0 Å². The van der Waals surface area contributed by atoms with Gasteiger partial charge in [0.05, 0.1) is 11.8 Å². The molecular weight excluding hydrogens is 415 g/mol. The Morgan fingerprint density at radius 1 is 1.13 bits per heavy atom. The van der Waals surface area contributed by atoms with Crippen molar-refractivity contribution < 1.29 is 8.91 Å². The summed E-state index contributed by atoms with van der Waals surface area (Å²) in [5.41, 5.74) is 0.849. The van der Waals surface area contributed by atoms with Crippen LogP contribution in [0.4, 0.5) is 4.39 Å². The molecule has 0 amide bonds. The highest BCUT2D eigenvalue weighted by molar-refractivity contribution is 7.99. The average molecular weight is 445 g/mol. The van der Waals surface area contributed by atoms with Crippen molar-refractivity contribution in [1.29, 1.82) is 0 Å². The van der Waals surface area contributed by atoms with E-state index >= 15 is 0 Å². The molecule has 1 saturated heterocycles. The predicted molar refractivity (Wildman–Crippen MR) is 118 cm³/mol. The number of aromatic nitrogens is 5. The number of aryl methyl sites for hydroxylation is 1. The van der Waals surface area contributed by atoms with Gasteiger partial charge in [-0.05, 0) is 63.5 Å². The first-order valence-corrected chi connectivity index (χ1v) is 11.9. The molecule has 1 aromatic carbocycles. The van der Waals surface area contributed by atoms with Gasteiger partial charge in [-0.2, -0.15) is 4.98 Å². The summed E-state index contributed by atoms with van der Waals surface area (Å²) in [6, 6.07) is 6.47. The Kier molecular flexibility index (Phi) is 7.34. The van der Waals surface area contributed by atoms with Crippen molar-refractivity contribution in [2.75, 3.05) is 13.1 Å². The van der Waals surface area contributed by atoms with Crippen molar-refractivity contribution in [1.82, 2.24) is 29.8 Å². The van der Waals surface area contributed by atoms with Crippen LogP contribution in [0, 0.1) is 5.82 Å². The normalized spacial score (nSPS) is 16.0. The Balaban J connectivity index is 1.57. The molecule has 0 aliphatic carbocycles. The molecule has 1 aliphatic rings. The van der Waals surface area contributed by atoms with E-state index < -0.39 is 0 Å². The number of likely N-dealkylation sites (tertiary alicyclic amines) is 1. The Hall–Kier alpha value is -2.26. The summed E-state index contributed by atoms with van der Waals surface area (Å²) in [4.78, 5) is 6.95. The topological polar surface area (TPSA) is 72.9 Å². The summed E-state index contributed by atoms with van der Waals surface area (Å²) in [6.45, 7) is 7.02. The number of thioether (sulfide) groups is 1. The predicted octanol–water partition coefficient (Wildman–Crippen LogP) is 4.97. The van der Waals surface area contributed by atoms with Crippen molar-refractivity contribution in [3.8, 4) is 5.69 Å². The average Bonchev–Trinajstić information content (AvgIpc) is 3.41. The lowest BCUT2D eigenvalue weighted by Gasteiger charge is -2.26. The maximum absolute atomic E-state index is 13.5. The van der Waals surface area contributed by atoms with Gasteiger partial charge in [-0.1, -0.05) is 36.7 Å². The van der Waals surface area contributed by atoms with Crippen LogP contribution in [0.15, 0.2) is 33.9 Å². The van der Waals surface area contributed by atoms with Crippen LogP contribution in [0.2, 0.25) is 0 Å². The van der Waals surface area contributed by atoms with Gasteiger partial charge in [-0.3, -0.25) is 9.47 Å². The number of hydrogen-bond acceptors (Lipinski definition) is 7. The Morgan fingerprint density at radius 3 is 2.65 bits per heavy atom. The SMILES string of the molecule is CCCCc1noc(C(C)Sc2nnc(CN3CCCCC3)n2-c2ccc(F)cc2)n1. The highest BCUT2D eigenvalue weighted by atomic mass is 32.2. The number of nitrogens with zero attached hydrogens (tertiary/aromatic N) is 6. The Bertz CT molecular complexity index is 967. The summed E-state index contributed by atoms with van der Waals surface area (Å²) in [7, 11) is 0. The zero-order valence-electron chi connectivity index (χ0n) is 18.1. The van der Waals surface area contributed by atoms with Crippen molar-refractivity contribution >= 4 is 11.8 Å². The maximum atomic E-state index is 13.5. The Labute approximate surface area is 186 Å². The van der Waals surface area contributed by atoms with Crippen molar-refractivity contribution in [2.45, 2.75) is 69.3 Å². The fourth-order valence-electron chi connectivity index (χ4n) is 3.72. The molecule has 0 spiro atoms. The van der Waals surface area contributed by atoms with Crippen LogP contribution in [0.1, 0.15) is 68.7 Å². The number of unbranched alkanes of at least 4 members (excludes halogenated alkanes) is 1. The number of halogens is 1. The molecule has 3 heterocycles. The summed E-state index contributed by atoms with van der Waals surface area (Å²) in [6.07, 6.45) is 6.66. The molecule has 0 radical (unpaired) electrons. The highest BCUT2D eigenvalue weighted by Crippen LogP contribution is 2.35. The molecule has 1 aliphatic heterocycles. The summed E-state index contributed by atoms with van der Waals surface area (Å²) in [5.74, 6) is 1.93. The van der Waals surface area contributed by atoms with E-state index in [0.29, 0.717) is 5.89 Å². The number of rotatable bonds is 9. The van der Waals surface area contributed by atoms with Gasteiger partial charge in [-0.15, -0.1) is 10.2 Å². The van der Waals surface area contributed by atoms with Gasteiger partial charge in [0.25, 0.3) is 0 Å². The highest BCUT2D eigenvalue weighted by Gasteiger charge is 2.23. The van der Waals surface area contributed by atoms with E-state index in [4.69, 9.17) is 4.52 Å². The maximum Gasteiger partial charge on any atom is 0.239 e. The van der Waals surface area contributed by atoms with Crippen LogP contribution in [-0.4, -0.2) is 42.9 Å². The number of piperidine rings is 1. The molecule has 2 aromatic heterocycles. The second-order valence-corrected chi connectivity index (χ2v) is 9.27. The fourth-order valence-corrected chi connectivity index (χ4v) is 4.64. The third-order valence-corrected chi connectivity index (χ3v) is 6.50. The van der Waals surface area contributed by atoms with E-state index in [9.17, 15) is 4.39 Å². The van der Waals surface area contributed by atoms with E-state index in [0.717, 1.165) is 61.4 Å². The largest absolute Gasteiger partial charge is 0.338 e. The van der Waals surface area contributed by atoms with Crippen LogP contribution in [0.25, 0.3) is 5.69 Å². The minimum atomic E-state index is -0.262. The smallest absolute Gasteiger partial charge is 0.239 e. The fraction of sp³-hybridized carbons (Fsp3) is 0.545. The van der Waals surface area contributed by atoms with E-state index in [1.807, 2.05) is 11.5 Å². The van der Waals surface area contributed by atoms with Crippen LogP contribution < -0.4 is 0 Å². The van der Waals surface area contributed by atoms with Crippen molar-refractivity contribution in [2.24, 2.45) is 0 Å². The zero-order valence-corrected chi connectivity index (χ0v) is 18.9. The molecule has 166 valence electrons. The lowest BCUT2D eigenvalue weighted by molar-refractivity contribution is 0.214. The minimum absolute atomic E-state index is 0.0749. The molecule has 1 unspecified atom stereocenters. The Morgan fingerprint density at radius 2 is 1.90 bits per heavy atom. The molecule has 7 nitrogen and oxygen atoms in total. The molecule has 0 bridgehead atoms. The first-order chi connectivity index (χ1) is 15.1. The van der Waals surface area contributed by atoms with Crippen LogP contribution >= 0.6 is 11.8 Å². The zero-order chi connectivity index (χ0) is 21.6. The molecule has 31 heavy (non-hydrogen) atoms. The standard InChI is InChI=1S/C22H29FN6OS/c1-3-4-8-19-24-21(30-27-19)16(2)31-22-26-25-20(15-28-13-6-5-7-14-28)29(22)18-11-9-17(23)10-12-18/h9-12,16H,3-8,13-15H2,1-2H3. The lowest BCUT2D eigenvalue weighted by Crippen LogP contribution is -2.30. The van der Waals surface area contributed by atoms with Crippen LogP contribution in [-0.2, 0) is 13.0 Å². The first kappa shape index (κ1) is 22.0. The summed E-state index contributed by atoms with van der Waals surface area (Å²) >= 11 is 1.52. The second kappa shape index (κ2) is 10.4. The third-order valence-electron chi connectivity index (χ3n) is 5.47. The molecule has 1 fully saturated rings. The van der Waals surface area contributed by atoms with Crippen LogP contribution in [0.5, 0.6) is 0 Å². The molecular formula is C22H29FN6OS. The van der Waals surface area contributed by atoms with Gasteiger partial charge < -0.3 is 4.52 Å². The molecule has 1 atom stereocenters. The minimum Gasteiger partial charge on any atom is -0.338 e.